The molecule has 0 spiro atoms. The number of carbonyl (C=O) groups is 1. The summed E-state index contributed by atoms with van der Waals surface area (Å²) in [6.07, 6.45) is 3.26. The average molecular weight is 430 g/mol. The minimum Gasteiger partial charge on any atom is -0.490 e. The Morgan fingerprint density at radius 3 is 2.33 bits per heavy atom. The van der Waals surface area contributed by atoms with Crippen molar-refractivity contribution in [2.24, 2.45) is 0 Å². The van der Waals surface area contributed by atoms with Gasteiger partial charge in [0.15, 0.2) is 0 Å². The number of benzene rings is 2. The van der Waals surface area contributed by atoms with Gasteiger partial charge in [0.05, 0.1) is 10.6 Å². The van der Waals surface area contributed by atoms with Gasteiger partial charge in [0.2, 0.25) is 0 Å². The molecule has 1 heterocycles. The highest BCUT2D eigenvalue weighted by molar-refractivity contribution is 6.33. The van der Waals surface area contributed by atoms with Crippen LogP contribution < -0.4 is 4.74 Å². The second-order valence-corrected chi connectivity index (χ2v) is 9.36. The molecule has 2 aromatic carbocycles. The van der Waals surface area contributed by atoms with Crippen LogP contribution in [0.3, 0.4) is 0 Å². The zero-order valence-corrected chi connectivity index (χ0v) is 19.0. The fourth-order valence-corrected chi connectivity index (χ4v) is 3.85. The summed E-state index contributed by atoms with van der Waals surface area (Å²) in [4.78, 5) is 15.1. The summed E-state index contributed by atoms with van der Waals surface area (Å²) in [6.45, 7) is 9.59. The maximum Gasteiger partial charge on any atom is 0.340 e. The molecule has 3 rings (SSSR count). The normalized spacial score (nSPS) is 16.1. The van der Waals surface area contributed by atoms with Crippen molar-refractivity contribution in [3.63, 3.8) is 0 Å². The molecule has 1 aliphatic heterocycles. The van der Waals surface area contributed by atoms with Crippen LogP contribution in [0.2, 0.25) is 5.02 Å². The molecule has 1 aliphatic rings. The lowest BCUT2D eigenvalue weighted by Gasteiger charge is -2.30. The van der Waals surface area contributed by atoms with Gasteiger partial charge in [-0.3, -0.25) is 4.90 Å². The molecule has 0 radical (unpaired) electrons. The van der Waals surface area contributed by atoms with Crippen molar-refractivity contribution < 1.29 is 14.3 Å². The molecule has 5 heteroatoms. The number of halogens is 1. The van der Waals surface area contributed by atoms with E-state index in [1.54, 1.807) is 24.3 Å². The predicted molar refractivity (Wildman–Crippen MR) is 122 cm³/mol. The van der Waals surface area contributed by atoms with Gasteiger partial charge in [0.1, 0.15) is 18.5 Å². The molecular formula is C25H32ClNO3. The van der Waals surface area contributed by atoms with E-state index in [2.05, 4.69) is 37.8 Å². The van der Waals surface area contributed by atoms with E-state index in [1.165, 1.54) is 24.8 Å². The van der Waals surface area contributed by atoms with Gasteiger partial charge in [-0.25, -0.2) is 4.79 Å². The minimum atomic E-state index is -0.408. The van der Waals surface area contributed by atoms with Crippen LogP contribution in [0, 0.1) is 0 Å². The fraction of sp³-hybridized carbons (Fsp3) is 0.480. The lowest BCUT2D eigenvalue weighted by molar-refractivity contribution is 0.00393. The SMILES string of the molecule is CC(C)(C)c1ccc(OCC(CN2CCCCC2)OC(=O)c2ccccc2Cl)cc1. The Morgan fingerprint density at radius 2 is 1.70 bits per heavy atom. The number of esters is 1. The number of hydrogen-bond acceptors (Lipinski definition) is 4. The van der Waals surface area contributed by atoms with Gasteiger partial charge in [0.25, 0.3) is 0 Å². The first-order valence-electron chi connectivity index (χ1n) is 10.7. The number of likely N-dealkylation sites (tertiary alicyclic amines) is 1. The van der Waals surface area contributed by atoms with Crippen LogP contribution in [0.1, 0.15) is 56.0 Å². The second-order valence-electron chi connectivity index (χ2n) is 8.95. The predicted octanol–water partition coefficient (Wildman–Crippen LogP) is 5.73. The van der Waals surface area contributed by atoms with Crippen molar-refractivity contribution in [1.82, 2.24) is 4.90 Å². The van der Waals surface area contributed by atoms with Gasteiger partial charge < -0.3 is 9.47 Å². The third kappa shape index (κ3) is 6.48. The zero-order chi connectivity index (χ0) is 21.6. The van der Waals surface area contributed by atoms with Gasteiger partial charge in [-0.1, -0.05) is 63.1 Å². The summed E-state index contributed by atoms with van der Waals surface area (Å²) < 4.78 is 11.8. The zero-order valence-electron chi connectivity index (χ0n) is 18.2. The number of nitrogens with zero attached hydrogens (tertiary/aromatic N) is 1. The Kier molecular flexibility index (Phi) is 7.79. The molecule has 0 N–H and O–H groups in total. The molecule has 0 bridgehead atoms. The third-order valence-corrected chi connectivity index (χ3v) is 5.76. The Balaban J connectivity index is 1.66. The molecule has 1 fully saturated rings. The lowest BCUT2D eigenvalue weighted by Crippen LogP contribution is -2.41. The summed E-state index contributed by atoms with van der Waals surface area (Å²) in [5.41, 5.74) is 1.74. The van der Waals surface area contributed by atoms with Crippen molar-refractivity contribution >= 4 is 17.6 Å². The number of hydrogen-bond donors (Lipinski definition) is 0. The largest absolute Gasteiger partial charge is 0.490 e. The van der Waals surface area contributed by atoms with E-state index in [0.717, 1.165) is 18.8 Å². The molecule has 30 heavy (non-hydrogen) atoms. The smallest absolute Gasteiger partial charge is 0.340 e. The third-order valence-electron chi connectivity index (χ3n) is 5.43. The maximum absolute atomic E-state index is 12.7. The maximum atomic E-state index is 12.7. The van der Waals surface area contributed by atoms with Gasteiger partial charge in [-0.05, 0) is 61.2 Å². The number of carbonyl (C=O) groups excluding carboxylic acids is 1. The molecule has 2 aromatic rings. The van der Waals surface area contributed by atoms with E-state index in [1.807, 2.05) is 12.1 Å². The lowest BCUT2D eigenvalue weighted by atomic mass is 9.87. The van der Waals surface area contributed by atoms with Crippen LogP contribution in [0.15, 0.2) is 48.5 Å². The summed E-state index contributed by atoms with van der Waals surface area (Å²) >= 11 is 6.18. The highest BCUT2D eigenvalue weighted by Crippen LogP contribution is 2.24. The molecule has 0 saturated carbocycles. The van der Waals surface area contributed by atoms with Crippen molar-refractivity contribution in [2.45, 2.75) is 51.6 Å². The van der Waals surface area contributed by atoms with Gasteiger partial charge in [-0.2, -0.15) is 0 Å². The summed E-state index contributed by atoms with van der Waals surface area (Å²) in [7, 11) is 0. The quantitative estimate of drug-likeness (QED) is 0.527. The van der Waals surface area contributed by atoms with E-state index in [0.29, 0.717) is 23.7 Å². The van der Waals surface area contributed by atoms with Crippen LogP contribution in [0.25, 0.3) is 0 Å². The van der Waals surface area contributed by atoms with Crippen molar-refractivity contribution in [3.05, 3.63) is 64.7 Å². The van der Waals surface area contributed by atoms with Crippen molar-refractivity contribution in [3.8, 4) is 5.75 Å². The molecular weight excluding hydrogens is 398 g/mol. The van der Waals surface area contributed by atoms with Crippen LogP contribution in [-0.2, 0) is 10.2 Å². The van der Waals surface area contributed by atoms with Crippen LogP contribution >= 0.6 is 11.6 Å². The Hall–Kier alpha value is -2.04. The van der Waals surface area contributed by atoms with Gasteiger partial charge in [0, 0.05) is 6.54 Å². The average Bonchev–Trinajstić information content (AvgIpc) is 2.72. The molecule has 0 amide bonds. The second kappa shape index (κ2) is 10.3. The first-order chi connectivity index (χ1) is 14.3. The highest BCUT2D eigenvalue weighted by atomic mass is 35.5. The Morgan fingerprint density at radius 1 is 1.03 bits per heavy atom. The molecule has 1 saturated heterocycles. The van der Waals surface area contributed by atoms with E-state index in [9.17, 15) is 4.79 Å². The standard InChI is InChI=1S/C25H32ClNO3/c1-25(2,3)19-11-13-20(14-12-19)29-18-21(17-27-15-7-4-8-16-27)30-24(28)22-9-5-6-10-23(22)26/h5-6,9-14,21H,4,7-8,15-18H2,1-3H3. The molecule has 162 valence electrons. The first kappa shape index (κ1) is 22.6. The summed E-state index contributed by atoms with van der Waals surface area (Å²) in [5, 5.41) is 0.401. The van der Waals surface area contributed by atoms with Crippen molar-refractivity contribution in [2.75, 3.05) is 26.2 Å². The topological polar surface area (TPSA) is 38.8 Å². The molecule has 0 aliphatic carbocycles. The van der Waals surface area contributed by atoms with Crippen LogP contribution in [-0.4, -0.2) is 43.2 Å². The number of ether oxygens (including phenoxy) is 2. The van der Waals surface area contributed by atoms with E-state index < -0.39 is 5.97 Å². The van der Waals surface area contributed by atoms with Crippen LogP contribution in [0.5, 0.6) is 5.75 Å². The van der Waals surface area contributed by atoms with Crippen molar-refractivity contribution in [1.29, 1.82) is 0 Å². The van der Waals surface area contributed by atoms with E-state index >= 15 is 0 Å². The van der Waals surface area contributed by atoms with Gasteiger partial charge >= 0.3 is 5.97 Å². The molecule has 4 nitrogen and oxygen atoms in total. The fourth-order valence-electron chi connectivity index (χ4n) is 3.64. The Bertz CT molecular complexity index is 823. The molecule has 1 unspecified atom stereocenters. The van der Waals surface area contributed by atoms with Crippen LogP contribution in [0.4, 0.5) is 0 Å². The number of rotatable bonds is 7. The number of piperidine rings is 1. The summed E-state index contributed by atoms with van der Waals surface area (Å²) in [5.74, 6) is 0.370. The Labute approximate surface area is 185 Å². The minimum absolute atomic E-state index is 0.0970. The van der Waals surface area contributed by atoms with E-state index in [-0.39, 0.29) is 11.5 Å². The van der Waals surface area contributed by atoms with E-state index in [4.69, 9.17) is 21.1 Å². The summed E-state index contributed by atoms with van der Waals surface area (Å²) in [6, 6.07) is 15.1. The molecule has 0 aromatic heterocycles. The first-order valence-corrected chi connectivity index (χ1v) is 11.1. The monoisotopic (exact) mass is 429 g/mol. The molecule has 1 atom stereocenters. The van der Waals surface area contributed by atoms with Gasteiger partial charge in [-0.15, -0.1) is 0 Å². The highest BCUT2D eigenvalue weighted by Gasteiger charge is 2.23.